The van der Waals surface area contributed by atoms with Crippen molar-refractivity contribution in [3.63, 3.8) is 0 Å². The number of benzene rings is 3. The van der Waals surface area contributed by atoms with Crippen molar-refractivity contribution in [1.82, 2.24) is 4.90 Å². The Balaban J connectivity index is 1.64. The Morgan fingerprint density at radius 3 is 2.26 bits per heavy atom. The van der Waals surface area contributed by atoms with Crippen LogP contribution >= 0.6 is 0 Å². The molecule has 0 unspecified atom stereocenters. The number of anilines is 1. The summed E-state index contributed by atoms with van der Waals surface area (Å²) in [7, 11) is 0. The summed E-state index contributed by atoms with van der Waals surface area (Å²) in [5.74, 6) is 0.285. The van der Waals surface area contributed by atoms with Gasteiger partial charge in [0.05, 0.1) is 5.56 Å². The van der Waals surface area contributed by atoms with Crippen LogP contribution in [0.5, 0.6) is 0 Å². The van der Waals surface area contributed by atoms with E-state index in [0.717, 1.165) is 17.7 Å². The van der Waals surface area contributed by atoms with Crippen molar-refractivity contribution in [3.8, 4) is 0 Å². The number of carbonyl (C=O) groups excluding carboxylic acids is 1. The van der Waals surface area contributed by atoms with Crippen LogP contribution in [-0.2, 0) is 6.42 Å². The molecule has 0 spiro atoms. The molecule has 4 rings (SSSR count). The monoisotopic (exact) mass is 356 g/mol. The topological polar surface area (TPSA) is 32.3 Å². The standard InChI is InChI=1S/C24H24N2O/c1-18(20-12-6-3-7-13-20)23-25-22-15-9-8-14-21(22)24(27)26(23)17-16-19-10-4-2-5-11-19/h2-15,18,23,25H,16-17H2,1H3/t18-,23+/m0/s1. The first-order valence-corrected chi connectivity index (χ1v) is 9.49. The van der Waals surface area contributed by atoms with E-state index in [4.69, 9.17) is 0 Å². The third-order valence-corrected chi connectivity index (χ3v) is 5.34. The molecule has 0 bridgehead atoms. The van der Waals surface area contributed by atoms with Crippen LogP contribution in [0.25, 0.3) is 0 Å². The molecule has 3 aromatic rings. The van der Waals surface area contributed by atoms with E-state index in [9.17, 15) is 4.79 Å². The van der Waals surface area contributed by atoms with Gasteiger partial charge in [-0.1, -0.05) is 79.7 Å². The summed E-state index contributed by atoms with van der Waals surface area (Å²) in [6.45, 7) is 2.87. The van der Waals surface area contributed by atoms with Gasteiger partial charge in [0.1, 0.15) is 6.17 Å². The second kappa shape index (κ2) is 7.67. The van der Waals surface area contributed by atoms with Crippen LogP contribution in [0.3, 0.4) is 0 Å². The number of amides is 1. The van der Waals surface area contributed by atoms with Crippen LogP contribution < -0.4 is 5.32 Å². The molecule has 3 nitrogen and oxygen atoms in total. The molecule has 0 saturated heterocycles. The van der Waals surface area contributed by atoms with E-state index in [1.807, 2.05) is 53.4 Å². The molecule has 1 heterocycles. The van der Waals surface area contributed by atoms with Crippen LogP contribution in [0.1, 0.15) is 34.3 Å². The Labute approximate surface area is 160 Å². The molecule has 1 aliphatic rings. The Morgan fingerprint density at radius 2 is 1.52 bits per heavy atom. The summed E-state index contributed by atoms with van der Waals surface area (Å²) in [4.78, 5) is 15.3. The lowest BCUT2D eigenvalue weighted by Gasteiger charge is -2.41. The fourth-order valence-electron chi connectivity index (χ4n) is 3.78. The molecule has 136 valence electrons. The van der Waals surface area contributed by atoms with Crippen molar-refractivity contribution >= 4 is 11.6 Å². The third-order valence-electron chi connectivity index (χ3n) is 5.34. The number of fused-ring (bicyclic) bond motifs is 1. The number of nitrogens with zero attached hydrogens (tertiary/aromatic N) is 1. The molecular formula is C24H24N2O. The van der Waals surface area contributed by atoms with Gasteiger partial charge in [-0.3, -0.25) is 4.79 Å². The quantitative estimate of drug-likeness (QED) is 0.703. The molecule has 2 atom stereocenters. The van der Waals surface area contributed by atoms with Gasteiger partial charge < -0.3 is 10.2 Å². The van der Waals surface area contributed by atoms with Gasteiger partial charge in [-0.2, -0.15) is 0 Å². The zero-order valence-corrected chi connectivity index (χ0v) is 15.5. The highest BCUT2D eigenvalue weighted by Crippen LogP contribution is 2.32. The second-order valence-electron chi connectivity index (χ2n) is 7.07. The summed E-state index contributed by atoms with van der Waals surface area (Å²) < 4.78 is 0. The summed E-state index contributed by atoms with van der Waals surface area (Å²) in [6.07, 6.45) is 0.771. The van der Waals surface area contributed by atoms with E-state index in [0.29, 0.717) is 6.54 Å². The predicted octanol–water partition coefficient (Wildman–Crippen LogP) is 4.93. The molecule has 1 aliphatic heterocycles. The summed E-state index contributed by atoms with van der Waals surface area (Å²) >= 11 is 0. The first kappa shape index (κ1) is 17.3. The molecule has 1 amide bonds. The SMILES string of the molecule is C[C@@H](c1ccccc1)[C@@H]1Nc2ccccc2C(=O)N1CCc1ccccc1. The molecule has 3 aromatic carbocycles. The Bertz CT molecular complexity index is 908. The number of para-hydroxylation sites is 1. The number of carbonyl (C=O) groups is 1. The predicted molar refractivity (Wildman–Crippen MR) is 110 cm³/mol. The number of rotatable bonds is 5. The van der Waals surface area contributed by atoms with Crippen LogP contribution in [0.4, 0.5) is 5.69 Å². The zero-order chi connectivity index (χ0) is 18.6. The van der Waals surface area contributed by atoms with Gasteiger partial charge >= 0.3 is 0 Å². The lowest BCUT2D eigenvalue weighted by atomic mass is 9.93. The average molecular weight is 356 g/mol. The van der Waals surface area contributed by atoms with Gasteiger partial charge in [-0.05, 0) is 29.7 Å². The molecule has 27 heavy (non-hydrogen) atoms. The van der Waals surface area contributed by atoms with Gasteiger partial charge in [-0.25, -0.2) is 0 Å². The van der Waals surface area contributed by atoms with Crippen LogP contribution in [0, 0.1) is 0 Å². The average Bonchev–Trinajstić information content (AvgIpc) is 2.74. The van der Waals surface area contributed by atoms with Crippen molar-refractivity contribution in [2.75, 3.05) is 11.9 Å². The number of hydrogen-bond acceptors (Lipinski definition) is 2. The zero-order valence-electron chi connectivity index (χ0n) is 15.5. The van der Waals surface area contributed by atoms with E-state index in [1.54, 1.807) is 0 Å². The molecule has 0 aliphatic carbocycles. The minimum absolute atomic E-state index is 0.0708. The fourth-order valence-corrected chi connectivity index (χ4v) is 3.78. The highest BCUT2D eigenvalue weighted by molar-refractivity contribution is 6.01. The van der Waals surface area contributed by atoms with Gasteiger partial charge in [0.15, 0.2) is 0 Å². The van der Waals surface area contributed by atoms with Gasteiger partial charge in [-0.15, -0.1) is 0 Å². The Hall–Kier alpha value is -3.07. The lowest BCUT2D eigenvalue weighted by Crippen LogP contribution is -2.52. The maximum absolute atomic E-state index is 13.3. The smallest absolute Gasteiger partial charge is 0.257 e. The van der Waals surface area contributed by atoms with E-state index in [2.05, 4.69) is 48.6 Å². The van der Waals surface area contributed by atoms with E-state index < -0.39 is 0 Å². The third kappa shape index (κ3) is 3.59. The highest BCUT2D eigenvalue weighted by Gasteiger charge is 2.35. The van der Waals surface area contributed by atoms with E-state index in [1.165, 1.54) is 11.1 Å². The van der Waals surface area contributed by atoms with Crippen molar-refractivity contribution in [3.05, 3.63) is 102 Å². The Kier molecular flexibility index (Phi) is 4.93. The number of nitrogens with one attached hydrogen (secondary N) is 1. The molecule has 0 radical (unpaired) electrons. The van der Waals surface area contributed by atoms with Crippen molar-refractivity contribution < 1.29 is 4.79 Å². The highest BCUT2D eigenvalue weighted by atomic mass is 16.2. The molecular weight excluding hydrogens is 332 g/mol. The Morgan fingerprint density at radius 1 is 0.889 bits per heavy atom. The summed E-state index contributed by atoms with van der Waals surface area (Å²) in [5, 5.41) is 3.62. The minimum Gasteiger partial charge on any atom is -0.364 e. The largest absolute Gasteiger partial charge is 0.364 e. The van der Waals surface area contributed by atoms with E-state index in [-0.39, 0.29) is 18.0 Å². The first-order valence-electron chi connectivity index (χ1n) is 9.49. The molecule has 1 N–H and O–H groups in total. The van der Waals surface area contributed by atoms with Crippen LogP contribution in [-0.4, -0.2) is 23.5 Å². The van der Waals surface area contributed by atoms with E-state index >= 15 is 0 Å². The number of hydrogen-bond donors (Lipinski definition) is 1. The molecule has 3 heteroatoms. The molecule has 0 aromatic heterocycles. The van der Waals surface area contributed by atoms with Crippen molar-refractivity contribution in [2.24, 2.45) is 0 Å². The van der Waals surface area contributed by atoms with Gasteiger partial charge in [0, 0.05) is 18.2 Å². The van der Waals surface area contributed by atoms with Crippen molar-refractivity contribution in [2.45, 2.75) is 25.4 Å². The summed E-state index contributed by atoms with van der Waals surface area (Å²) in [5.41, 5.74) is 4.15. The lowest BCUT2D eigenvalue weighted by molar-refractivity contribution is 0.0666. The van der Waals surface area contributed by atoms with Gasteiger partial charge in [0.2, 0.25) is 0 Å². The second-order valence-corrected chi connectivity index (χ2v) is 7.07. The fraction of sp³-hybridized carbons (Fsp3) is 0.208. The van der Waals surface area contributed by atoms with Crippen molar-refractivity contribution in [1.29, 1.82) is 0 Å². The normalized spacial score (nSPS) is 17.1. The first-order chi connectivity index (χ1) is 13.2. The van der Waals surface area contributed by atoms with Crippen LogP contribution in [0.2, 0.25) is 0 Å². The summed E-state index contributed by atoms with van der Waals surface area (Å²) in [6, 6.07) is 28.5. The van der Waals surface area contributed by atoms with Gasteiger partial charge in [0.25, 0.3) is 5.91 Å². The molecule has 0 saturated carbocycles. The maximum Gasteiger partial charge on any atom is 0.257 e. The van der Waals surface area contributed by atoms with Crippen LogP contribution in [0.15, 0.2) is 84.9 Å². The molecule has 0 fully saturated rings. The maximum atomic E-state index is 13.3. The minimum atomic E-state index is -0.0708.